The monoisotopic (exact) mass is 432 g/mol. The van der Waals surface area contributed by atoms with Crippen LogP contribution in [0, 0.1) is 13.8 Å². The number of rotatable bonds is 8. The van der Waals surface area contributed by atoms with Gasteiger partial charge in [-0.1, -0.05) is 51.1 Å². The molecule has 0 heterocycles. The first-order chi connectivity index (χ1) is 13.9. The predicted molar refractivity (Wildman–Crippen MR) is 122 cm³/mol. The highest BCUT2D eigenvalue weighted by Gasteiger charge is 2.23. The quantitative estimate of drug-likeness (QED) is 0.647. The van der Waals surface area contributed by atoms with Crippen LogP contribution >= 0.6 is 0 Å². The van der Waals surface area contributed by atoms with Gasteiger partial charge in [-0.3, -0.25) is 9.10 Å². The number of hydrogen-bond acceptors (Lipinski definition) is 4. The van der Waals surface area contributed by atoms with E-state index in [0.717, 1.165) is 27.4 Å². The zero-order valence-electron chi connectivity index (χ0n) is 18.7. The fourth-order valence-corrected chi connectivity index (χ4v) is 4.13. The Morgan fingerprint density at radius 1 is 1.03 bits per heavy atom. The van der Waals surface area contributed by atoms with Gasteiger partial charge in [-0.25, -0.2) is 8.42 Å². The van der Waals surface area contributed by atoms with Gasteiger partial charge in [0.05, 0.1) is 18.5 Å². The van der Waals surface area contributed by atoms with Gasteiger partial charge < -0.3 is 10.1 Å². The average Bonchev–Trinajstić information content (AvgIpc) is 2.63. The molecule has 2 rings (SSSR count). The van der Waals surface area contributed by atoms with Crippen molar-refractivity contribution < 1.29 is 17.9 Å². The van der Waals surface area contributed by atoms with E-state index in [2.05, 4.69) is 26.1 Å². The molecule has 0 bridgehead atoms. The first-order valence-corrected chi connectivity index (χ1v) is 11.8. The number of carbonyl (C=O) groups excluding carboxylic acids is 1. The highest BCUT2D eigenvalue weighted by molar-refractivity contribution is 7.92. The number of para-hydroxylation sites is 1. The molecule has 30 heavy (non-hydrogen) atoms. The number of anilines is 1. The zero-order chi connectivity index (χ0) is 22.5. The average molecular weight is 433 g/mol. The second kappa shape index (κ2) is 9.51. The smallest absolute Gasteiger partial charge is 0.240 e. The summed E-state index contributed by atoms with van der Waals surface area (Å²) in [4.78, 5) is 12.4. The van der Waals surface area contributed by atoms with Crippen LogP contribution in [0.15, 0.2) is 42.5 Å². The molecule has 0 spiro atoms. The van der Waals surface area contributed by atoms with Crippen LogP contribution < -0.4 is 14.4 Å². The van der Waals surface area contributed by atoms with Crippen molar-refractivity contribution in [3.8, 4) is 5.75 Å². The molecule has 2 aromatic rings. The summed E-state index contributed by atoms with van der Waals surface area (Å²) in [6.07, 6.45) is 1.11. The van der Waals surface area contributed by atoms with Gasteiger partial charge in [0.2, 0.25) is 15.9 Å². The molecule has 0 radical (unpaired) electrons. The summed E-state index contributed by atoms with van der Waals surface area (Å²) in [5.74, 6) is 0.348. The molecule has 0 saturated carbocycles. The molecule has 6 nitrogen and oxygen atoms in total. The minimum Gasteiger partial charge on any atom is -0.492 e. The molecule has 1 amide bonds. The van der Waals surface area contributed by atoms with Crippen LogP contribution in [0.25, 0.3) is 0 Å². The molecule has 0 atom stereocenters. The highest BCUT2D eigenvalue weighted by Crippen LogP contribution is 2.26. The SMILES string of the molecule is Cc1cccc(C)c1N(CC(=O)NCCOc1ccc(C(C)(C)C)cc1)S(C)(=O)=O. The fourth-order valence-electron chi connectivity index (χ4n) is 3.16. The summed E-state index contributed by atoms with van der Waals surface area (Å²) in [6.45, 7) is 10.4. The van der Waals surface area contributed by atoms with Crippen LogP contribution in [-0.2, 0) is 20.2 Å². The lowest BCUT2D eigenvalue weighted by molar-refractivity contribution is -0.119. The highest BCUT2D eigenvalue weighted by atomic mass is 32.2. The van der Waals surface area contributed by atoms with E-state index >= 15 is 0 Å². The Morgan fingerprint density at radius 3 is 2.10 bits per heavy atom. The van der Waals surface area contributed by atoms with Gasteiger partial charge in [-0.15, -0.1) is 0 Å². The second-order valence-corrected chi connectivity index (χ2v) is 10.4. The Kier molecular flexibility index (Phi) is 7.53. The molecule has 0 unspecified atom stereocenters. The third-order valence-corrected chi connectivity index (χ3v) is 5.90. The molecular formula is C23H32N2O4S. The van der Waals surface area contributed by atoms with Gasteiger partial charge in [0, 0.05) is 0 Å². The molecule has 0 aliphatic carbocycles. The number of nitrogens with zero attached hydrogens (tertiary/aromatic N) is 1. The number of aryl methyl sites for hydroxylation is 2. The first-order valence-electron chi connectivity index (χ1n) is 9.93. The maximum absolute atomic E-state index is 12.4. The van der Waals surface area contributed by atoms with Gasteiger partial charge in [-0.05, 0) is 48.1 Å². The number of amides is 1. The molecule has 0 aliphatic rings. The Hall–Kier alpha value is -2.54. The molecule has 7 heteroatoms. The standard InChI is InChI=1S/C23H32N2O4S/c1-17-8-7-9-18(2)22(17)25(30(6,27)28)16-21(26)24-14-15-29-20-12-10-19(11-13-20)23(3,4)5/h7-13H,14-16H2,1-6H3,(H,24,26). The number of hydrogen-bond donors (Lipinski definition) is 1. The van der Waals surface area contributed by atoms with Gasteiger partial charge >= 0.3 is 0 Å². The molecule has 0 aromatic heterocycles. The lowest BCUT2D eigenvalue weighted by Gasteiger charge is -2.25. The Morgan fingerprint density at radius 2 is 1.60 bits per heavy atom. The van der Waals surface area contributed by atoms with E-state index in [0.29, 0.717) is 12.3 Å². The van der Waals surface area contributed by atoms with Crippen molar-refractivity contribution in [3.05, 3.63) is 59.2 Å². The van der Waals surface area contributed by atoms with Gasteiger partial charge in [-0.2, -0.15) is 0 Å². The van der Waals surface area contributed by atoms with E-state index in [9.17, 15) is 13.2 Å². The van der Waals surface area contributed by atoms with E-state index in [1.54, 1.807) is 0 Å². The summed E-state index contributed by atoms with van der Waals surface area (Å²) in [5.41, 5.74) is 3.44. The molecule has 0 fully saturated rings. The van der Waals surface area contributed by atoms with Crippen LogP contribution in [0.2, 0.25) is 0 Å². The Balaban J connectivity index is 1.92. The summed E-state index contributed by atoms with van der Waals surface area (Å²) in [7, 11) is -3.61. The van der Waals surface area contributed by atoms with Gasteiger partial charge in [0.25, 0.3) is 0 Å². The van der Waals surface area contributed by atoms with Crippen molar-refractivity contribution in [2.75, 3.05) is 30.3 Å². The van der Waals surface area contributed by atoms with Crippen molar-refractivity contribution in [1.82, 2.24) is 5.32 Å². The third-order valence-electron chi connectivity index (χ3n) is 4.79. The number of benzene rings is 2. The van der Waals surface area contributed by atoms with E-state index in [-0.39, 0.29) is 24.4 Å². The summed E-state index contributed by atoms with van der Waals surface area (Å²) in [5, 5.41) is 2.73. The second-order valence-electron chi connectivity index (χ2n) is 8.48. The van der Waals surface area contributed by atoms with E-state index in [4.69, 9.17) is 4.74 Å². The summed E-state index contributed by atoms with van der Waals surface area (Å²) < 4.78 is 31.4. The molecule has 0 saturated heterocycles. The minimum absolute atomic E-state index is 0.0768. The molecular weight excluding hydrogens is 400 g/mol. The normalized spacial score (nSPS) is 11.8. The van der Waals surface area contributed by atoms with Crippen LogP contribution in [0.3, 0.4) is 0 Å². The number of nitrogens with one attached hydrogen (secondary N) is 1. The zero-order valence-corrected chi connectivity index (χ0v) is 19.5. The summed E-state index contributed by atoms with van der Waals surface area (Å²) >= 11 is 0. The molecule has 2 aromatic carbocycles. The molecule has 1 N–H and O–H groups in total. The van der Waals surface area contributed by atoms with Gasteiger partial charge in [0.1, 0.15) is 18.9 Å². The van der Waals surface area contributed by atoms with E-state index in [1.165, 1.54) is 5.56 Å². The van der Waals surface area contributed by atoms with E-state index < -0.39 is 10.0 Å². The number of ether oxygens (including phenoxy) is 1. The minimum atomic E-state index is -3.61. The van der Waals surface area contributed by atoms with Crippen molar-refractivity contribution in [2.45, 2.75) is 40.0 Å². The third kappa shape index (κ3) is 6.49. The maximum atomic E-state index is 12.4. The number of sulfonamides is 1. The van der Waals surface area contributed by atoms with Crippen molar-refractivity contribution in [3.63, 3.8) is 0 Å². The van der Waals surface area contributed by atoms with Crippen LogP contribution in [0.5, 0.6) is 5.75 Å². The lowest BCUT2D eigenvalue weighted by atomic mass is 9.87. The fraction of sp³-hybridized carbons (Fsp3) is 0.435. The molecule has 164 valence electrons. The van der Waals surface area contributed by atoms with Crippen molar-refractivity contribution in [1.29, 1.82) is 0 Å². The number of carbonyl (C=O) groups is 1. The maximum Gasteiger partial charge on any atom is 0.240 e. The van der Waals surface area contributed by atoms with Crippen LogP contribution in [0.4, 0.5) is 5.69 Å². The van der Waals surface area contributed by atoms with Crippen molar-refractivity contribution in [2.24, 2.45) is 0 Å². The lowest BCUT2D eigenvalue weighted by Crippen LogP contribution is -2.42. The Labute approximate surface area is 180 Å². The topological polar surface area (TPSA) is 75.7 Å². The Bertz CT molecular complexity index is 957. The molecule has 0 aliphatic heterocycles. The van der Waals surface area contributed by atoms with Crippen molar-refractivity contribution >= 4 is 21.6 Å². The van der Waals surface area contributed by atoms with Crippen LogP contribution in [0.1, 0.15) is 37.5 Å². The summed E-state index contributed by atoms with van der Waals surface area (Å²) in [6, 6.07) is 13.4. The predicted octanol–water partition coefficient (Wildman–Crippen LogP) is 3.56. The van der Waals surface area contributed by atoms with E-state index in [1.807, 2.05) is 56.3 Å². The van der Waals surface area contributed by atoms with Gasteiger partial charge in [0.15, 0.2) is 0 Å². The largest absolute Gasteiger partial charge is 0.492 e. The first kappa shape index (κ1) is 23.7. The van der Waals surface area contributed by atoms with Crippen LogP contribution in [-0.4, -0.2) is 40.3 Å².